The molecule has 0 atom stereocenters. The van der Waals surface area contributed by atoms with Crippen LogP contribution < -0.4 is 15.4 Å². The van der Waals surface area contributed by atoms with E-state index in [0.29, 0.717) is 5.11 Å². The Balaban J connectivity index is 2.34. The van der Waals surface area contributed by atoms with Gasteiger partial charge in [-0.15, -0.1) is 0 Å². The van der Waals surface area contributed by atoms with Crippen molar-refractivity contribution in [1.29, 1.82) is 0 Å². The fourth-order valence-corrected chi connectivity index (χ4v) is 2.09. The number of rotatable bonds is 7. The second-order valence-electron chi connectivity index (χ2n) is 5.44. The Morgan fingerprint density at radius 3 is 2.68 bits per heavy atom. The molecule has 0 radical (unpaired) electrons. The van der Waals surface area contributed by atoms with E-state index in [1.165, 1.54) is 11.1 Å². The Bertz CT molecular complexity index is 546. The van der Waals surface area contributed by atoms with E-state index in [4.69, 9.17) is 17.0 Å². The van der Waals surface area contributed by atoms with Crippen LogP contribution in [0.15, 0.2) is 47.6 Å². The third-order valence-corrected chi connectivity index (χ3v) is 3.38. The Morgan fingerprint density at radius 2 is 2.00 bits per heavy atom. The van der Waals surface area contributed by atoms with Crippen molar-refractivity contribution in [3.63, 3.8) is 0 Å². The molecule has 0 saturated heterocycles. The van der Waals surface area contributed by atoms with Crippen LogP contribution in [0.1, 0.15) is 33.6 Å². The quantitative estimate of drug-likeness (QED) is 0.565. The minimum absolute atomic E-state index is 0.613. The van der Waals surface area contributed by atoms with Gasteiger partial charge in [0.25, 0.3) is 0 Å². The third-order valence-electron chi connectivity index (χ3n) is 3.13. The summed E-state index contributed by atoms with van der Waals surface area (Å²) in [5, 5.41) is 6.95. The van der Waals surface area contributed by atoms with Crippen LogP contribution in [0.3, 0.4) is 0 Å². The van der Waals surface area contributed by atoms with Gasteiger partial charge in [-0.25, -0.2) is 0 Å². The van der Waals surface area contributed by atoms with E-state index < -0.39 is 0 Å². The number of nitrogens with one attached hydrogen (secondary N) is 2. The molecule has 1 rings (SSSR count). The molecule has 0 saturated carbocycles. The van der Waals surface area contributed by atoms with E-state index >= 15 is 0 Å². The first-order chi connectivity index (χ1) is 10.5. The first-order valence-electron chi connectivity index (χ1n) is 7.49. The van der Waals surface area contributed by atoms with Crippen molar-refractivity contribution in [2.75, 3.05) is 19.0 Å². The molecule has 0 aliphatic rings. The molecule has 1 aromatic carbocycles. The van der Waals surface area contributed by atoms with Crippen molar-refractivity contribution in [2.45, 2.75) is 33.6 Å². The van der Waals surface area contributed by atoms with Crippen molar-refractivity contribution < 1.29 is 4.74 Å². The lowest BCUT2D eigenvalue weighted by molar-refractivity contribution is 0.415. The van der Waals surface area contributed by atoms with Gasteiger partial charge in [0, 0.05) is 18.3 Å². The summed E-state index contributed by atoms with van der Waals surface area (Å²) in [6, 6.07) is 7.70. The van der Waals surface area contributed by atoms with Gasteiger partial charge in [-0.05, 0) is 58.0 Å². The summed E-state index contributed by atoms with van der Waals surface area (Å²) in [6.45, 7) is 7.14. The standard InChI is InChI=1S/C18H26N2OS/c1-14(2)7-5-8-15(3)11-12-19-18(22)20-16-9-6-10-17(13-16)21-4/h6-7,9-11,13H,5,8,12H2,1-4H3,(H2,19,20,22)/b15-11+. The van der Waals surface area contributed by atoms with Gasteiger partial charge in [-0.3, -0.25) is 0 Å². The van der Waals surface area contributed by atoms with E-state index in [0.717, 1.165) is 30.8 Å². The third kappa shape index (κ3) is 7.84. The molecule has 0 unspecified atom stereocenters. The minimum Gasteiger partial charge on any atom is -0.497 e. The maximum atomic E-state index is 5.29. The molecule has 0 amide bonds. The number of ether oxygens (including phenoxy) is 1. The van der Waals surface area contributed by atoms with Gasteiger partial charge in [0.1, 0.15) is 5.75 Å². The number of allylic oxidation sites excluding steroid dienone is 3. The molecule has 4 heteroatoms. The van der Waals surface area contributed by atoms with E-state index in [9.17, 15) is 0 Å². The minimum atomic E-state index is 0.613. The van der Waals surface area contributed by atoms with Crippen LogP contribution in [-0.4, -0.2) is 18.8 Å². The molecular formula is C18H26N2OS. The maximum Gasteiger partial charge on any atom is 0.171 e. The number of hydrogen-bond donors (Lipinski definition) is 2. The number of thiocarbonyl (C=S) groups is 1. The van der Waals surface area contributed by atoms with Crippen LogP contribution >= 0.6 is 12.2 Å². The normalized spacial score (nSPS) is 10.8. The summed E-state index contributed by atoms with van der Waals surface area (Å²) in [6.07, 6.45) is 6.62. The fourth-order valence-electron chi connectivity index (χ4n) is 1.88. The van der Waals surface area contributed by atoms with Crippen molar-refractivity contribution >= 4 is 23.0 Å². The van der Waals surface area contributed by atoms with Gasteiger partial charge in [-0.1, -0.05) is 29.4 Å². The van der Waals surface area contributed by atoms with E-state index in [-0.39, 0.29) is 0 Å². The molecule has 0 heterocycles. The molecule has 2 N–H and O–H groups in total. The molecule has 1 aromatic rings. The molecule has 0 aliphatic carbocycles. The predicted molar refractivity (Wildman–Crippen MR) is 99.6 cm³/mol. The topological polar surface area (TPSA) is 33.3 Å². The zero-order valence-corrected chi connectivity index (χ0v) is 14.7. The van der Waals surface area contributed by atoms with E-state index in [1.807, 2.05) is 24.3 Å². The highest BCUT2D eigenvalue weighted by Crippen LogP contribution is 2.16. The second-order valence-corrected chi connectivity index (χ2v) is 5.85. The lowest BCUT2D eigenvalue weighted by Gasteiger charge is -2.10. The first-order valence-corrected chi connectivity index (χ1v) is 7.90. The van der Waals surface area contributed by atoms with Crippen LogP contribution in [0.25, 0.3) is 0 Å². The lowest BCUT2D eigenvalue weighted by Crippen LogP contribution is -2.28. The second kappa shape index (κ2) is 10.0. The molecule has 0 aliphatic heterocycles. The Morgan fingerprint density at radius 1 is 1.23 bits per heavy atom. The molecule has 0 spiro atoms. The lowest BCUT2D eigenvalue weighted by atomic mass is 10.1. The zero-order valence-electron chi connectivity index (χ0n) is 13.9. The molecule has 0 aromatic heterocycles. The van der Waals surface area contributed by atoms with Crippen LogP contribution in [0.2, 0.25) is 0 Å². The van der Waals surface area contributed by atoms with Gasteiger partial charge in [0.2, 0.25) is 0 Å². The number of methoxy groups -OCH3 is 1. The molecule has 0 fully saturated rings. The number of hydrogen-bond acceptors (Lipinski definition) is 2. The Labute approximate surface area is 139 Å². The smallest absolute Gasteiger partial charge is 0.171 e. The van der Waals surface area contributed by atoms with Gasteiger partial charge in [0.15, 0.2) is 5.11 Å². The van der Waals surface area contributed by atoms with Crippen molar-refractivity contribution in [1.82, 2.24) is 5.32 Å². The van der Waals surface area contributed by atoms with Gasteiger partial charge >= 0.3 is 0 Å². The summed E-state index contributed by atoms with van der Waals surface area (Å²) in [4.78, 5) is 0. The van der Waals surface area contributed by atoms with Gasteiger partial charge in [-0.2, -0.15) is 0 Å². The molecule has 120 valence electrons. The van der Waals surface area contributed by atoms with Crippen molar-refractivity contribution in [3.05, 3.63) is 47.6 Å². The maximum absolute atomic E-state index is 5.29. The predicted octanol–water partition coefficient (Wildman–Crippen LogP) is 4.67. The highest BCUT2D eigenvalue weighted by molar-refractivity contribution is 7.80. The zero-order chi connectivity index (χ0) is 16.4. The van der Waals surface area contributed by atoms with Crippen molar-refractivity contribution in [2.24, 2.45) is 0 Å². The van der Waals surface area contributed by atoms with E-state index in [1.54, 1.807) is 7.11 Å². The monoisotopic (exact) mass is 318 g/mol. The largest absolute Gasteiger partial charge is 0.497 e. The first kappa shape index (κ1) is 18.2. The van der Waals surface area contributed by atoms with Crippen LogP contribution in [0, 0.1) is 0 Å². The average Bonchev–Trinajstić information content (AvgIpc) is 2.47. The SMILES string of the molecule is COc1cccc(NC(=S)NC/C=C(\C)CCC=C(C)C)c1. The Hall–Kier alpha value is -1.81. The van der Waals surface area contributed by atoms with Gasteiger partial charge < -0.3 is 15.4 Å². The summed E-state index contributed by atoms with van der Waals surface area (Å²) >= 11 is 5.29. The van der Waals surface area contributed by atoms with Crippen LogP contribution in [0.4, 0.5) is 5.69 Å². The van der Waals surface area contributed by atoms with Crippen molar-refractivity contribution in [3.8, 4) is 5.75 Å². The summed E-state index contributed by atoms with van der Waals surface area (Å²) in [5.74, 6) is 0.808. The fraction of sp³-hybridized carbons (Fsp3) is 0.389. The Kier molecular flexibility index (Phi) is 8.30. The molecular weight excluding hydrogens is 292 g/mol. The molecule has 3 nitrogen and oxygen atoms in total. The summed E-state index contributed by atoms with van der Waals surface area (Å²) < 4.78 is 5.19. The van der Waals surface area contributed by atoms with Gasteiger partial charge in [0.05, 0.1) is 7.11 Å². The van der Waals surface area contributed by atoms with E-state index in [2.05, 4.69) is 43.6 Å². The summed E-state index contributed by atoms with van der Waals surface area (Å²) in [5.41, 5.74) is 3.66. The summed E-state index contributed by atoms with van der Waals surface area (Å²) in [7, 11) is 1.65. The highest BCUT2D eigenvalue weighted by Gasteiger charge is 1.98. The highest BCUT2D eigenvalue weighted by atomic mass is 32.1. The average molecular weight is 318 g/mol. The number of benzene rings is 1. The van der Waals surface area contributed by atoms with Crippen LogP contribution in [-0.2, 0) is 0 Å². The van der Waals surface area contributed by atoms with Crippen LogP contribution in [0.5, 0.6) is 5.75 Å². The number of anilines is 1. The molecule has 22 heavy (non-hydrogen) atoms. The molecule has 0 bridgehead atoms.